The van der Waals surface area contributed by atoms with E-state index < -0.39 is 0 Å². The summed E-state index contributed by atoms with van der Waals surface area (Å²) in [5.41, 5.74) is 1.22. The molecule has 0 fully saturated rings. The molecular formula is C14H22O. The summed E-state index contributed by atoms with van der Waals surface area (Å²) >= 11 is 0. The highest BCUT2D eigenvalue weighted by atomic mass is 16.3. The summed E-state index contributed by atoms with van der Waals surface area (Å²) in [4.78, 5) is 0. The molecule has 15 heavy (non-hydrogen) atoms. The van der Waals surface area contributed by atoms with Gasteiger partial charge in [0, 0.05) is 6.61 Å². The summed E-state index contributed by atoms with van der Waals surface area (Å²) in [5.74, 6) is 0.623. The van der Waals surface area contributed by atoms with Crippen molar-refractivity contribution in [3.63, 3.8) is 0 Å². The third kappa shape index (κ3) is 5.38. The second-order valence-electron chi connectivity index (χ2n) is 3.74. The topological polar surface area (TPSA) is 20.2 Å². The fourth-order valence-electron chi connectivity index (χ4n) is 1.23. The summed E-state index contributed by atoms with van der Waals surface area (Å²) in [6.45, 7) is 10.0. The Hall–Kier alpha value is -1.08. The maximum Gasteiger partial charge on any atom is 0.0462 e. The molecule has 0 rings (SSSR count). The highest BCUT2D eigenvalue weighted by Crippen LogP contribution is 2.21. The monoisotopic (exact) mass is 206 g/mol. The molecule has 0 aliphatic rings. The van der Waals surface area contributed by atoms with Gasteiger partial charge in [0.05, 0.1) is 0 Å². The van der Waals surface area contributed by atoms with Crippen LogP contribution in [0.25, 0.3) is 0 Å². The smallest absolute Gasteiger partial charge is 0.0462 e. The van der Waals surface area contributed by atoms with Gasteiger partial charge in [-0.2, -0.15) is 0 Å². The lowest BCUT2D eigenvalue weighted by molar-refractivity contribution is 0.210. The summed E-state index contributed by atoms with van der Waals surface area (Å²) in [7, 11) is 0. The third-order valence-corrected chi connectivity index (χ3v) is 2.57. The minimum atomic E-state index is 0.219. The van der Waals surface area contributed by atoms with Gasteiger partial charge in [-0.25, -0.2) is 0 Å². The molecule has 0 bridgehead atoms. The predicted octanol–water partition coefficient (Wildman–Crippen LogP) is 3.50. The Labute approximate surface area is 93.5 Å². The number of allylic oxidation sites excluding steroid dienone is 7. The van der Waals surface area contributed by atoms with Gasteiger partial charge in [0.2, 0.25) is 0 Å². The highest BCUT2D eigenvalue weighted by molar-refractivity contribution is 5.28. The van der Waals surface area contributed by atoms with E-state index in [1.807, 2.05) is 31.2 Å². The largest absolute Gasteiger partial charge is 0.396 e. The normalized spacial score (nSPS) is 17.2. The van der Waals surface area contributed by atoms with E-state index in [-0.39, 0.29) is 12.5 Å². The van der Waals surface area contributed by atoms with Crippen molar-refractivity contribution in [3.05, 3.63) is 48.6 Å². The van der Waals surface area contributed by atoms with E-state index in [4.69, 9.17) is 5.11 Å². The standard InChI is InChI=1S/C14H22O/c1-5-7-9-14(10-8-6-2)13(4)12(3)11-15/h5-10,12-13,15H,1,11H2,2-4H3/b8-6-,9-7-,14-10+. The first-order valence-electron chi connectivity index (χ1n) is 5.40. The lowest BCUT2D eigenvalue weighted by atomic mass is 9.88. The van der Waals surface area contributed by atoms with Crippen LogP contribution < -0.4 is 0 Å². The van der Waals surface area contributed by atoms with Gasteiger partial charge < -0.3 is 5.11 Å². The predicted molar refractivity (Wildman–Crippen MR) is 67.6 cm³/mol. The fraction of sp³-hybridized carbons (Fsp3) is 0.429. The Kier molecular flexibility index (Phi) is 7.65. The van der Waals surface area contributed by atoms with Crippen molar-refractivity contribution in [1.29, 1.82) is 0 Å². The first kappa shape index (κ1) is 13.9. The Balaban J connectivity index is 4.76. The first-order valence-corrected chi connectivity index (χ1v) is 5.40. The Bertz CT molecular complexity index is 259. The second-order valence-corrected chi connectivity index (χ2v) is 3.74. The molecule has 0 aliphatic heterocycles. The van der Waals surface area contributed by atoms with Crippen molar-refractivity contribution < 1.29 is 5.11 Å². The van der Waals surface area contributed by atoms with Gasteiger partial charge in [-0.05, 0) is 24.3 Å². The van der Waals surface area contributed by atoms with Crippen molar-refractivity contribution in [2.24, 2.45) is 11.8 Å². The van der Waals surface area contributed by atoms with E-state index in [2.05, 4.69) is 26.5 Å². The molecule has 0 aromatic rings. The quantitative estimate of drug-likeness (QED) is 0.659. The van der Waals surface area contributed by atoms with E-state index in [9.17, 15) is 0 Å². The molecule has 0 spiro atoms. The highest BCUT2D eigenvalue weighted by Gasteiger charge is 2.13. The molecule has 0 amide bonds. The van der Waals surface area contributed by atoms with Crippen LogP contribution in [0.4, 0.5) is 0 Å². The van der Waals surface area contributed by atoms with Gasteiger partial charge in [-0.3, -0.25) is 0 Å². The van der Waals surface area contributed by atoms with E-state index in [1.54, 1.807) is 6.08 Å². The Morgan fingerprint density at radius 3 is 2.47 bits per heavy atom. The molecule has 0 aromatic carbocycles. The van der Waals surface area contributed by atoms with Crippen LogP contribution in [0.3, 0.4) is 0 Å². The molecule has 2 atom stereocenters. The van der Waals surface area contributed by atoms with E-state index in [0.29, 0.717) is 5.92 Å². The van der Waals surface area contributed by atoms with Gasteiger partial charge in [-0.15, -0.1) is 0 Å². The summed E-state index contributed by atoms with van der Waals surface area (Å²) < 4.78 is 0. The number of aliphatic hydroxyl groups is 1. The second kappa shape index (κ2) is 8.25. The van der Waals surface area contributed by atoms with Crippen molar-refractivity contribution in [3.8, 4) is 0 Å². The molecular weight excluding hydrogens is 184 g/mol. The Morgan fingerprint density at radius 1 is 1.33 bits per heavy atom. The van der Waals surface area contributed by atoms with Crippen LogP contribution in [-0.2, 0) is 0 Å². The lowest BCUT2D eigenvalue weighted by Crippen LogP contribution is -2.13. The average molecular weight is 206 g/mol. The van der Waals surface area contributed by atoms with E-state index in [1.165, 1.54) is 5.57 Å². The SMILES string of the molecule is C=C\C=C/C(=C\C=C/C)C(C)C(C)CO. The molecule has 0 aromatic heterocycles. The van der Waals surface area contributed by atoms with Crippen LogP contribution in [0, 0.1) is 11.8 Å². The molecule has 0 radical (unpaired) electrons. The van der Waals surface area contributed by atoms with Crippen molar-refractivity contribution in [1.82, 2.24) is 0 Å². The molecule has 1 nitrogen and oxygen atoms in total. The van der Waals surface area contributed by atoms with Crippen LogP contribution in [0.15, 0.2) is 48.6 Å². The van der Waals surface area contributed by atoms with Gasteiger partial charge >= 0.3 is 0 Å². The minimum absolute atomic E-state index is 0.219. The van der Waals surface area contributed by atoms with Crippen molar-refractivity contribution in [2.75, 3.05) is 6.61 Å². The zero-order chi connectivity index (χ0) is 11.7. The van der Waals surface area contributed by atoms with Crippen LogP contribution in [0.5, 0.6) is 0 Å². The number of rotatable bonds is 6. The molecule has 0 heterocycles. The van der Waals surface area contributed by atoms with E-state index in [0.717, 1.165) is 0 Å². The summed E-state index contributed by atoms with van der Waals surface area (Å²) in [6, 6.07) is 0. The maximum absolute atomic E-state index is 9.12. The van der Waals surface area contributed by atoms with Crippen molar-refractivity contribution in [2.45, 2.75) is 20.8 Å². The van der Waals surface area contributed by atoms with Crippen LogP contribution in [0.2, 0.25) is 0 Å². The zero-order valence-corrected chi connectivity index (χ0v) is 9.98. The van der Waals surface area contributed by atoms with Crippen LogP contribution >= 0.6 is 0 Å². The number of hydrogen-bond donors (Lipinski definition) is 1. The maximum atomic E-state index is 9.12. The van der Waals surface area contributed by atoms with Crippen LogP contribution in [0.1, 0.15) is 20.8 Å². The molecule has 1 heteroatoms. The average Bonchev–Trinajstić information content (AvgIpc) is 2.27. The molecule has 1 N–H and O–H groups in total. The van der Waals surface area contributed by atoms with Gasteiger partial charge in [-0.1, -0.05) is 56.9 Å². The van der Waals surface area contributed by atoms with Crippen molar-refractivity contribution >= 4 is 0 Å². The number of hydrogen-bond acceptors (Lipinski definition) is 1. The lowest BCUT2D eigenvalue weighted by Gasteiger charge is -2.18. The summed E-state index contributed by atoms with van der Waals surface area (Å²) in [6.07, 6.45) is 11.8. The van der Waals surface area contributed by atoms with E-state index >= 15 is 0 Å². The molecule has 0 saturated heterocycles. The van der Waals surface area contributed by atoms with Crippen LogP contribution in [-0.4, -0.2) is 11.7 Å². The van der Waals surface area contributed by atoms with Gasteiger partial charge in [0.1, 0.15) is 0 Å². The third-order valence-electron chi connectivity index (χ3n) is 2.57. The van der Waals surface area contributed by atoms with Gasteiger partial charge in [0.25, 0.3) is 0 Å². The first-order chi connectivity index (χ1) is 7.17. The Morgan fingerprint density at radius 2 is 2.00 bits per heavy atom. The molecule has 0 saturated carbocycles. The molecule has 84 valence electrons. The zero-order valence-electron chi connectivity index (χ0n) is 9.98. The fourth-order valence-corrected chi connectivity index (χ4v) is 1.23. The van der Waals surface area contributed by atoms with Gasteiger partial charge in [0.15, 0.2) is 0 Å². The molecule has 0 aliphatic carbocycles. The number of aliphatic hydroxyl groups excluding tert-OH is 1. The molecule has 2 unspecified atom stereocenters. The summed E-state index contributed by atoms with van der Waals surface area (Å²) in [5, 5.41) is 9.12. The minimum Gasteiger partial charge on any atom is -0.396 e.